The van der Waals surface area contributed by atoms with Gasteiger partial charge in [-0.25, -0.2) is 0 Å². The number of nitrogens with zero attached hydrogens (tertiary/aromatic N) is 5. The standard InChI is InChI=1S/C18H12ClN5O2S/c19-14-6-4-13(5-7-14)18-21-20-16-8-9-17(22-23(16)18)27-11-12-2-1-3-15(10-12)24(25)26/h1-10H,11H2. The third-order valence-electron chi connectivity index (χ3n) is 3.85. The van der Waals surface area contributed by atoms with Crippen molar-refractivity contribution in [1.82, 2.24) is 19.8 Å². The summed E-state index contributed by atoms with van der Waals surface area (Å²) in [4.78, 5) is 10.5. The van der Waals surface area contributed by atoms with E-state index in [0.717, 1.165) is 16.2 Å². The maximum atomic E-state index is 10.9. The zero-order chi connectivity index (χ0) is 18.8. The summed E-state index contributed by atoms with van der Waals surface area (Å²) in [5, 5.41) is 25.3. The summed E-state index contributed by atoms with van der Waals surface area (Å²) in [7, 11) is 0. The summed E-state index contributed by atoms with van der Waals surface area (Å²) in [5.74, 6) is 1.19. The predicted molar refractivity (Wildman–Crippen MR) is 104 cm³/mol. The smallest absolute Gasteiger partial charge is 0.258 e. The number of halogens is 1. The van der Waals surface area contributed by atoms with Gasteiger partial charge < -0.3 is 0 Å². The summed E-state index contributed by atoms with van der Waals surface area (Å²) >= 11 is 7.43. The minimum Gasteiger partial charge on any atom is -0.258 e. The number of non-ortho nitro benzene ring substituents is 1. The Kier molecular flexibility index (Phi) is 4.74. The van der Waals surface area contributed by atoms with Crippen molar-refractivity contribution in [2.75, 3.05) is 0 Å². The molecule has 0 saturated carbocycles. The molecule has 0 N–H and O–H groups in total. The van der Waals surface area contributed by atoms with Crippen molar-refractivity contribution in [2.45, 2.75) is 10.8 Å². The van der Waals surface area contributed by atoms with Crippen LogP contribution in [0.15, 0.2) is 65.7 Å². The summed E-state index contributed by atoms with van der Waals surface area (Å²) in [6.45, 7) is 0. The molecular formula is C18H12ClN5O2S. The number of hydrogen-bond acceptors (Lipinski definition) is 6. The van der Waals surface area contributed by atoms with E-state index in [0.29, 0.717) is 22.2 Å². The number of rotatable bonds is 5. The first-order valence-corrected chi connectivity index (χ1v) is 9.31. The zero-order valence-corrected chi connectivity index (χ0v) is 15.4. The van der Waals surface area contributed by atoms with Gasteiger partial charge in [0.1, 0.15) is 5.03 Å². The van der Waals surface area contributed by atoms with E-state index in [2.05, 4.69) is 15.3 Å². The fraction of sp³-hybridized carbons (Fsp3) is 0.0556. The molecule has 27 heavy (non-hydrogen) atoms. The number of aromatic nitrogens is 4. The Morgan fingerprint density at radius 1 is 1.07 bits per heavy atom. The molecule has 4 rings (SSSR count). The van der Waals surface area contributed by atoms with E-state index >= 15 is 0 Å². The highest BCUT2D eigenvalue weighted by Crippen LogP contribution is 2.25. The Bertz CT molecular complexity index is 1130. The molecule has 0 spiro atoms. The van der Waals surface area contributed by atoms with E-state index in [1.807, 2.05) is 30.3 Å². The first kappa shape index (κ1) is 17.4. The van der Waals surface area contributed by atoms with Crippen LogP contribution < -0.4 is 0 Å². The van der Waals surface area contributed by atoms with Gasteiger partial charge in [0.15, 0.2) is 11.5 Å². The van der Waals surface area contributed by atoms with Crippen molar-refractivity contribution in [3.05, 3.63) is 81.4 Å². The average molecular weight is 398 g/mol. The molecule has 0 unspecified atom stereocenters. The maximum Gasteiger partial charge on any atom is 0.269 e. The molecule has 2 heterocycles. The van der Waals surface area contributed by atoms with E-state index in [1.165, 1.54) is 17.8 Å². The van der Waals surface area contributed by atoms with Crippen LogP contribution in [-0.2, 0) is 5.75 Å². The van der Waals surface area contributed by atoms with Crippen molar-refractivity contribution in [1.29, 1.82) is 0 Å². The van der Waals surface area contributed by atoms with Crippen molar-refractivity contribution in [2.24, 2.45) is 0 Å². The number of thioether (sulfide) groups is 1. The molecule has 0 saturated heterocycles. The zero-order valence-electron chi connectivity index (χ0n) is 13.8. The molecule has 4 aromatic rings. The minimum atomic E-state index is -0.395. The van der Waals surface area contributed by atoms with E-state index in [9.17, 15) is 10.1 Å². The molecule has 0 aliphatic carbocycles. The number of nitro groups is 1. The molecule has 7 nitrogen and oxygen atoms in total. The van der Waals surface area contributed by atoms with Crippen LogP contribution in [0.25, 0.3) is 17.0 Å². The van der Waals surface area contributed by atoms with Gasteiger partial charge in [-0.2, -0.15) is 9.61 Å². The fourth-order valence-electron chi connectivity index (χ4n) is 2.55. The third-order valence-corrected chi connectivity index (χ3v) is 5.09. The highest BCUT2D eigenvalue weighted by atomic mass is 35.5. The number of fused-ring (bicyclic) bond motifs is 1. The highest BCUT2D eigenvalue weighted by Gasteiger charge is 2.11. The molecule has 0 fully saturated rings. The largest absolute Gasteiger partial charge is 0.269 e. The highest BCUT2D eigenvalue weighted by molar-refractivity contribution is 7.98. The minimum absolute atomic E-state index is 0.0837. The van der Waals surface area contributed by atoms with Gasteiger partial charge in [0, 0.05) is 28.5 Å². The summed E-state index contributed by atoms with van der Waals surface area (Å²) < 4.78 is 1.68. The van der Waals surface area contributed by atoms with Gasteiger partial charge in [-0.1, -0.05) is 35.5 Å². The van der Waals surface area contributed by atoms with E-state index in [-0.39, 0.29) is 5.69 Å². The Morgan fingerprint density at radius 2 is 1.89 bits per heavy atom. The van der Waals surface area contributed by atoms with Crippen LogP contribution in [0, 0.1) is 10.1 Å². The van der Waals surface area contributed by atoms with Crippen molar-refractivity contribution in [3.63, 3.8) is 0 Å². The van der Waals surface area contributed by atoms with E-state index in [4.69, 9.17) is 11.6 Å². The molecule has 0 radical (unpaired) electrons. The Balaban J connectivity index is 1.60. The lowest BCUT2D eigenvalue weighted by molar-refractivity contribution is -0.384. The summed E-state index contributed by atoms with van der Waals surface area (Å²) in [6.07, 6.45) is 0. The molecule has 134 valence electrons. The molecule has 9 heteroatoms. The average Bonchev–Trinajstić information content (AvgIpc) is 3.10. The lowest BCUT2D eigenvalue weighted by Gasteiger charge is -2.04. The van der Waals surface area contributed by atoms with Crippen LogP contribution in [0.3, 0.4) is 0 Å². The number of nitro benzene ring substituents is 1. The summed E-state index contributed by atoms with van der Waals surface area (Å²) in [6, 6.07) is 17.6. The van der Waals surface area contributed by atoms with Gasteiger partial charge >= 0.3 is 0 Å². The fourth-order valence-corrected chi connectivity index (χ4v) is 3.47. The maximum absolute atomic E-state index is 10.9. The third kappa shape index (κ3) is 3.76. The van der Waals surface area contributed by atoms with E-state index in [1.54, 1.807) is 28.8 Å². The molecule has 0 aliphatic heterocycles. The van der Waals surface area contributed by atoms with Gasteiger partial charge in [0.05, 0.1) is 4.92 Å². The Morgan fingerprint density at radius 3 is 2.67 bits per heavy atom. The van der Waals surface area contributed by atoms with Gasteiger partial charge in [-0.05, 0) is 42.0 Å². The molecule has 2 aromatic carbocycles. The van der Waals surface area contributed by atoms with Crippen LogP contribution in [0.5, 0.6) is 0 Å². The monoisotopic (exact) mass is 397 g/mol. The summed E-state index contributed by atoms with van der Waals surface area (Å²) in [5.41, 5.74) is 2.44. The first-order chi connectivity index (χ1) is 13.1. The molecular weight excluding hydrogens is 386 g/mol. The lowest BCUT2D eigenvalue weighted by atomic mass is 10.2. The second-order valence-corrected chi connectivity index (χ2v) is 7.12. The van der Waals surface area contributed by atoms with Crippen molar-refractivity contribution in [3.8, 4) is 11.4 Å². The van der Waals surface area contributed by atoms with Crippen LogP contribution in [0.1, 0.15) is 5.56 Å². The topological polar surface area (TPSA) is 86.2 Å². The van der Waals surface area contributed by atoms with Crippen molar-refractivity contribution < 1.29 is 4.92 Å². The number of hydrogen-bond donors (Lipinski definition) is 0. The van der Waals surface area contributed by atoms with Crippen LogP contribution in [0.4, 0.5) is 5.69 Å². The number of benzene rings is 2. The predicted octanol–water partition coefficient (Wildman–Crippen LogP) is 4.65. The molecule has 0 amide bonds. The lowest BCUT2D eigenvalue weighted by Crippen LogP contribution is -1.96. The molecule has 0 aliphatic rings. The van der Waals surface area contributed by atoms with Gasteiger partial charge in [-0.3, -0.25) is 10.1 Å². The molecule has 0 atom stereocenters. The van der Waals surface area contributed by atoms with Gasteiger partial charge in [0.25, 0.3) is 5.69 Å². The normalized spacial score (nSPS) is 11.0. The molecule has 2 aromatic heterocycles. The van der Waals surface area contributed by atoms with Crippen LogP contribution >= 0.6 is 23.4 Å². The molecule has 0 bridgehead atoms. The van der Waals surface area contributed by atoms with Gasteiger partial charge in [0.2, 0.25) is 0 Å². The second-order valence-electron chi connectivity index (χ2n) is 5.69. The van der Waals surface area contributed by atoms with Gasteiger partial charge in [-0.15, -0.1) is 10.2 Å². The second kappa shape index (κ2) is 7.34. The van der Waals surface area contributed by atoms with E-state index < -0.39 is 4.92 Å². The quantitative estimate of drug-likeness (QED) is 0.277. The Hall–Kier alpha value is -2.97. The van der Waals surface area contributed by atoms with Crippen LogP contribution in [-0.4, -0.2) is 24.7 Å². The first-order valence-electron chi connectivity index (χ1n) is 7.95. The van der Waals surface area contributed by atoms with Crippen LogP contribution in [0.2, 0.25) is 5.02 Å². The van der Waals surface area contributed by atoms with Crippen molar-refractivity contribution >= 4 is 34.7 Å². The SMILES string of the molecule is O=[N+]([O-])c1cccc(CSc2ccc3nnc(-c4ccc(Cl)cc4)n3n2)c1. The Labute approximate surface area is 163 Å².